The van der Waals surface area contributed by atoms with Gasteiger partial charge in [0, 0.05) is 18.6 Å². The fourth-order valence-electron chi connectivity index (χ4n) is 1.63. The van der Waals surface area contributed by atoms with E-state index in [2.05, 4.69) is 0 Å². The maximum atomic E-state index is 12.5. The maximum absolute atomic E-state index is 12.5. The molecule has 1 N–H and O–H groups in total. The molecule has 0 spiro atoms. The van der Waals surface area contributed by atoms with Gasteiger partial charge in [-0.15, -0.1) is 0 Å². The number of benzene rings is 1. The van der Waals surface area contributed by atoms with Crippen molar-refractivity contribution in [3.8, 4) is 0 Å². The van der Waals surface area contributed by atoms with Gasteiger partial charge in [-0.1, -0.05) is 23.9 Å². The molecule has 0 saturated heterocycles. The summed E-state index contributed by atoms with van der Waals surface area (Å²) < 4.78 is 29.8. The molecule has 1 rings (SSSR count). The van der Waals surface area contributed by atoms with Gasteiger partial charge in [0.05, 0.1) is 12.2 Å². The third kappa shape index (κ3) is 5.68. The molecule has 0 radical (unpaired) electrons. The van der Waals surface area contributed by atoms with Crippen LogP contribution in [-0.4, -0.2) is 54.4 Å². The van der Waals surface area contributed by atoms with E-state index in [9.17, 15) is 18.4 Å². The molecule has 0 saturated carbocycles. The molecule has 0 heterocycles. The van der Waals surface area contributed by atoms with Crippen LogP contribution in [0.25, 0.3) is 0 Å². The normalized spacial score (nSPS) is 10.7. The number of amides is 1. The summed E-state index contributed by atoms with van der Waals surface area (Å²) in [6, 6.07) is 5.88. The van der Waals surface area contributed by atoms with E-state index in [1.165, 1.54) is 31.4 Å². The SMILES string of the molecule is COCCN(CC(=O)O)C(=O)c1ccccc1SC(F)F. The molecule has 116 valence electrons. The number of carboxylic acid groups (broad SMARTS) is 1. The summed E-state index contributed by atoms with van der Waals surface area (Å²) in [6.45, 7) is -0.297. The van der Waals surface area contributed by atoms with Gasteiger partial charge >= 0.3 is 5.97 Å². The zero-order valence-corrected chi connectivity index (χ0v) is 12.1. The van der Waals surface area contributed by atoms with Crippen LogP contribution in [-0.2, 0) is 9.53 Å². The molecule has 0 unspecified atom stereocenters. The summed E-state index contributed by atoms with van der Waals surface area (Å²) in [6.07, 6.45) is 0. The van der Waals surface area contributed by atoms with Crippen molar-refractivity contribution < 1.29 is 28.2 Å². The number of thioether (sulfide) groups is 1. The van der Waals surface area contributed by atoms with Crippen molar-refractivity contribution in [3.05, 3.63) is 29.8 Å². The Morgan fingerprint density at radius 2 is 2.05 bits per heavy atom. The third-order valence-corrected chi connectivity index (χ3v) is 3.30. The zero-order chi connectivity index (χ0) is 15.8. The van der Waals surface area contributed by atoms with Crippen LogP contribution in [0.1, 0.15) is 10.4 Å². The first-order chi connectivity index (χ1) is 9.95. The number of carbonyl (C=O) groups is 2. The van der Waals surface area contributed by atoms with Crippen LogP contribution >= 0.6 is 11.8 Å². The standard InChI is InChI=1S/C13H15F2NO4S/c1-20-7-6-16(8-11(17)18)12(19)9-4-2-3-5-10(9)21-13(14)15/h2-5,13H,6-8H2,1H3,(H,17,18). The monoisotopic (exact) mass is 319 g/mol. The number of methoxy groups -OCH3 is 1. The van der Waals surface area contributed by atoms with Crippen LogP contribution in [0.3, 0.4) is 0 Å². The molecule has 8 heteroatoms. The van der Waals surface area contributed by atoms with E-state index < -0.39 is 24.2 Å². The molecule has 1 aromatic rings. The predicted octanol–water partition coefficient (Wildman–Crippen LogP) is 2.17. The van der Waals surface area contributed by atoms with Crippen LogP contribution in [0.2, 0.25) is 0 Å². The first-order valence-corrected chi connectivity index (χ1v) is 6.87. The number of halogens is 2. The number of hydrogen-bond acceptors (Lipinski definition) is 4. The van der Waals surface area contributed by atoms with Gasteiger partial charge in [-0.2, -0.15) is 8.78 Å². The molecular formula is C13H15F2NO4S. The molecule has 0 bridgehead atoms. The van der Waals surface area contributed by atoms with Gasteiger partial charge in [0.15, 0.2) is 0 Å². The van der Waals surface area contributed by atoms with Crippen molar-refractivity contribution in [1.29, 1.82) is 0 Å². The van der Waals surface area contributed by atoms with Crippen molar-refractivity contribution >= 4 is 23.6 Å². The van der Waals surface area contributed by atoms with Crippen molar-refractivity contribution in [1.82, 2.24) is 4.90 Å². The van der Waals surface area contributed by atoms with E-state index in [1.54, 1.807) is 0 Å². The second-order valence-electron chi connectivity index (χ2n) is 3.99. The minimum Gasteiger partial charge on any atom is -0.480 e. The molecule has 0 aliphatic carbocycles. The highest BCUT2D eigenvalue weighted by Gasteiger charge is 2.22. The molecule has 0 aliphatic rings. The Kier molecular flexibility index (Phi) is 7.10. The molecule has 1 amide bonds. The van der Waals surface area contributed by atoms with Crippen molar-refractivity contribution in [2.75, 3.05) is 26.8 Å². The summed E-state index contributed by atoms with van der Waals surface area (Å²) in [5, 5.41) is 8.83. The van der Waals surface area contributed by atoms with Crippen LogP contribution < -0.4 is 0 Å². The van der Waals surface area contributed by atoms with E-state index in [0.29, 0.717) is 0 Å². The summed E-state index contributed by atoms with van der Waals surface area (Å²) in [7, 11) is 1.42. The molecule has 5 nitrogen and oxygen atoms in total. The highest BCUT2D eigenvalue weighted by Crippen LogP contribution is 2.29. The van der Waals surface area contributed by atoms with E-state index in [1.807, 2.05) is 0 Å². The molecule has 0 fully saturated rings. The second-order valence-corrected chi connectivity index (χ2v) is 5.02. The van der Waals surface area contributed by atoms with Crippen LogP contribution in [0.4, 0.5) is 8.78 Å². The Labute approximate surface area is 124 Å². The van der Waals surface area contributed by atoms with E-state index in [4.69, 9.17) is 9.84 Å². The number of alkyl halides is 2. The van der Waals surface area contributed by atoms with Crippen LogP contribution in [0.15, 0.2) is 29.2 Å². The molecule has 0 aromatic heterocycles. The number of ether oxygens (including phenoxy) is 1. The molecule has 1 aromatic carbocycles. The summed E-state index contributed by atoms with van der Waals surface area (Å²) in [5.74, 6) is -4.46. The quantitative estimate of drug-likeness (QED) is 0.744. The Morgan fingerprint density at radius 3 is 2.62 bits per heavy atom. The number of hydrogen-bond donors (Lipinski definition) is 1. The number of carboxylic acids is 1. The fourth-order valence-corrected chi connectivity index (χ4v) is 2.26. The van der Waals surface area contributed by atoms with Gasteiger partial charge < -0.3 is 14.7 Å². The van der Waals surface area contributed by atoms with Crippen molar-refractivity contribution in [2.24, 2.45) is 0 Å². The average molecular weight is 319 g/mol. The van der Waals surface area contributed by atoms with Gasteiger partial charge in [0.2, 0.25) is 0 Å². The van der Waals surface area contributed by atoms with Gasteiger partial charge in [-0.25, -0.2) is 0 Å². The molecular weight excluding hydrogens is 304 g/mol. The lowest BCUT2D eigenvalue weighted by atomic mass is 10.2. The maximum Gasteiger partial charge on any atom is 0.323 e. The van der Waals surface area contributed by atoms with Crippen molar-refractivity contribution in [2.45, 2.75) is 10.7 Å². The number of aliphatic carboxylic acids is 1. The Bertz CT molecular complexity index is 499. The number of rotatable bonds is 8. The third-order valence-electron chi connectivity index (χ3n) is 2.51. The Morgan fingerprint density at radius 1 is 1.38 bits per heavy atom. The van der Waals surface area contributed by atoms with E-state index in [0.717, 1.165) is 4.90 Å². The van der Waals surface area contributed by atoms with Crippen LogP contribution in [0, 0.1) is 0 Å². The Hall–Kier alpha value is -1.67. The topological polar surface area (TPSA) is 66.8 Å². The lowest BCUT2D eigenvalue weighted by Crippen LogP contribution is -2.38. The van der Waals surface area contributed by atoms with Gasteiger partial charge in [0.25, 0.3) is 11.7 Å². The second kappa shape index (κ2) is 8.58. The summed E-state index contributed by atoms with van der Waals surface area (Å²) in [5.41, 5.74) is 0.0557. The summed E-state index contributed by atoms with van der Waals surface area (Å²) in [4.78, 5) is 24.3. The fraction of sp³-hybridized carbons (Fsp3) is 0.385. The minimum absolute atomic E-state index is 0.0557. The first-order valence-electron chi connectivity index (χ1n) is 5.99. The number of nitrogens with zero attached hydrogens (tertiary/aromatic N) is 1. The predicted molar refractivity (Wildman–Crippen MR) is 73.7 cm³/mol. The Balaban J connectivity index is 2.99. The highest BCUT2D eigenvalue weighted by molar-refractivity contribution is 7.99. The van der Waals surface area contributed by atoms with E-state index in [-0.39, 0.29) is 35.4 Å². The molecule has 21 heavy (non-hydrogen) atoms. The van der Waals surface area contributed by atoms with Crippen LogP contribution in [0.5, 0.6) is 0 Å². The largest absolute Gasteiger partial charge is 0.480 e. The lowest BCUT2D eigenvalue weighted by molar-refractivity contribution is -0.137. The molecule has 0 atom stereocenters. The van der Waals surface area contributed by atoms with Gasteiger partial charge in [-0.3, -0.25) is 9.59 Å². The lowest BCUT2D eigenvalue weighted by Gasteiger charge is -2.21. The first kappa shape index (κ1) is 17.4. The summed E-state index contributed by atoms with van der Waals surface area (Å²) >= 11 is 0.254. The highest BCUT2D eigenvalue weighted by atomic mass is 32.2. The minimum atomic E-state index is -2.66. The van der Waals surface area contributed by atoms with Gasteiger partial charge in [-0.05, 0) is 12.1 Å². The van der Waals surface area contributed by atoms with Crippen molar-refractivity contribution in [3.63, 3.8) is 0 Å². The van der Waals surface area contributed by atoms with E-state index >= 15 is 0 Å². The smallest absolute Gasteiger partial charge is 0.323 e. The molecule has 0 aliphatic heterocycles. The average Bonchev–Trinajstić information content (AvgIpc) is 2.42. The zero-order valence-electron chi connectivity index (χ0n) is 11.3. The van der Waals surface area contributed by atoms with Gasteiger partial charge in [0.1, 0.15) is 6.54 Å². The number of carbonyl (C=O) groups excluding carboxylic acids is 1.